The van der Waals surface area contributed by atoms with Crippen molar-refractivity contribution in [2.75, 3.05) is 37.7 Å². The first-order chi connectivity index (χ1) is 15.7. The van der Waals surface area contributed by atoms with Crippen molar-refractivity contribution in [1.29, 1.82) is 0 Å². The highest BCUT2D eigenvalue weighted by atomic mass is 127. The van der Waals surface area contributed by atoms with Crippen LogP contribution in [0.15, 0.2) is 59.6 Å². The minimum atomic E-state index is 0. The largest absolute Gasteiger partial charge is 0.376 e. The Balaban J connectivity index is 0.00000306. The van der Waals surface area contributed by atoms with E-state index in [0.717, 1.165) is 62.8 Å². The van der Waals surface area contributed by atoms with Crippen LogP contribution in [0.25, 0.3) is 0 Å². The average molecular weight is 562 g/mol. The van der Waals surface area contributed by atoms with Gasteiger partial charge in [-0.1, -0.05) is 42.5 Å². The molecule has 6 nitrogen and oxygen atoms in total. The van der Waals surface area contributed by atoms with Gasteiger partial charge in [0.25, 0.3) is 0 Å². The zero-order valence-corrected chi connectivity index (χ0v) is 21.7. The number of aliphatic imine (C=N–C) groups is 1. The summed E-state index contributed by atoms with van der Waals surface area (Å²) in [5.74, 6) is 1.72. The molecule has 0 radical (unpaired) electrons. The Bertz CT molecular complexity index is 904. The molecular weight excluding hydrogens is 527 g/mol. The molecule has 0 aromatic heterocycles. The predicted molar refractivity (Wildman–Crippen MR) is 144 cm³/mol. The van der Waals surface area contributed by atoms with E-state index in [0.29, 0.717) is 25.5 Å². The summed E-state index contributed by atoms with van der Waals surface area (Å²) < 4.78 is 5.97. The van der Waals surface area contributed by atoms with Gasteiger partial charge in [0, 0.05) is 44.2 Å². The molecule has 0 saturated carbocycles. The molecule has 1 unspecified atom stereocenters. The van der Waals surface area contributed by atoms with Crippen molar-refractivity contribution in [3.63, 3.8) is 0 Å². The zero-order chi connectivity index (χ0) is 22.2. The molecule has 1 atom stereocenters. The van der Waals surface area contributed by atoms with E-state index in [1.54, 1.807) is 0 Å². The Morgan fingerprint density at radius 3 is 2.58 bits per heavy atom. The number of halogens is 1. The third kappa shape index (κ3) is 7.17. The summed E-state index contributed by atoms with van der Waals surface area (Å²) in [7, 11) is 0. The minimum absolute atomic E-state index is 0. The quantitative estimate of drug-likeness (QED) is 0.294. The Hall–Kier alpha value is -2.13. The monoisotopic (exact) mass is 562 g/mol. The van der Waals surface area contributed by atoms with Gasteiger partial charge in [-0.25, -0.2) is 4.99 Å². The van der Waals surface area contributed by atoms with E-state index >= 15 is 0 Å². The molecule has 2 heterocycles. The summed E-state index contributed by atoms with van der Waals surface area (Å²) >= 11 is 0. The van der Waals surface area contributed by atoms with E-state index in [1.165, 1.54) is 5.56 Å². The number of ether oxygens (including phenoxy) is 1. The molecule has 2 fully saturated rings. The number of nitrogens with zero attached hydrogens (tertiary/aromatic N) is 3. The molecule has 178 valence electrons. The number of likely N-dealkylation sites (tertiary alicyclic amines) is 1. The van der Waals surface area contributed by atoms with Crippen LogP contribution in [-0.2, 0) is 22.7 Å². The molecule has 2 aromatic carbocycles. The van der Waals surface area contributed by atoms with Crippen LogP contribution in [0.5, 0.6) is 0 Å². The highest BCUT2D eigenvalue weighted by Crippen LogP contribution is 2.22. The number of anilines is 1. The van der Waals surface area contributed by atoms with E-state index in [4.69, 9.17) is 9.73 Å². The maximum atomic E-state index is 11.9. The van der Waals surface area contributed by atoms with Crippen LogP contribution in [0.4, 0.5) is 5.69 Å². The van der Waals surface area contributed by atoms with Crippen molar-refractivity contribution in [2.45, 2.75) is 39.3 Å². The first kappa shape index (κ1) is 25.5. The highest BCUT2D eigenvalue weighted by molar-refractivity contribution is 14.0. The van der Waals surface area contributed by atoms with Crippen molar-refractivity contribution >= 4 is 41.5 Å². The maximum absolute atomic E-state index is 11.9. The van der Waals surface area contributed by atoms with Gasteiger partial charge in [-0.2, -0.15) is 0 Å². The summed E-state index contributed by atoms with van der Waals surface area (Å²) in [4.78, 5) is 21.0. The van der Waals surface area contributed by atoms with Gasteiger partial charge in [0.15, 0.2) is 5.96 Å². The number of nitrogens with one attached hydrogen (secondary N) is 1. The number of benzene rings is 2. The van der Waals surface area contributed by atoms with E-state index < -0.39 is 0 Å². The van der Waals surface area contributed by atoms with E-state index in [1.807, 2.05) is 23.1 Å². The number of carbonyl (C=O) groups excluding carboxylic acids is 1. The van der Waals surface area contributed by atoms with Crippen LogP contribution < -0.4 is 10.2 Å². The summed E-state index contributed by atoms with van der Waals surface area (Å²) in [5, 5.41) is 3.44. The molecule has 7 heteroatoms. The van der Waals surface area contributed by atoms with Crippen molar-refractivity contribution in [1.82, 2.24) is 10.2 Å². The van der Waals surface area contributed by atoms with Crippen LogP contribution in [-0.4, -0.2) is 49.6 Å². The van der Waals surface area contributed by atoms with Gasteiger partial charge in [0.2, 0.25) is 5.91 Å². The van der Waals surface area contributed by atoms with Gasteiger partial charge in [0.05, 0.1) is 19.8 Å². The Morgan fingerprint density at radius 1 is 1.09 bits per heavy atom. The first-order valence-corrected chi connectivity index (χ1v) is 11.8. The molecule has 1 N–H and O–H groups in total. The number of amides is 1. The fraction of sp³-hybridized carbons (Fsp3) is 0.462. The highest BCUT2D eigenvalue weighted by Gasteiger charge is 2.25. The minimum Gasteiger partial charge on any atom is -0.376 e. The van der Waals surface area contributed by atoms with Crippen molar-refractivity contribution < 1.29 is 9.53 Å². The van der Waals surface area contributed by atoms with Gasteiger partial charge < -0.3 is 19.9 Å². The fourth-order valence-electron chi connectivity index (χ4n) is 4.37. The van der Waals surface area contributed by atoms with Gasteiger partial charge in [-0.15, -0.1) is 24.0 Å². The van der Waals surface area contributed by atoms with E-state index in [-0.39, 0.29) is 29.9 Å². The third-order valence-corrected chi connectivity index (χ3v) is 6.12. The molecule has 2 saturated heterocycles. The Morgan fingerprint density at radius 2 is 1.88 bits per heavy atom. The van der Waals surface area contributed by atoms with E-state index in [2.05, 4.69) is 53.5 Å². The second kappa shape index (κ2) is 12.9. The molecule has 2 aliphatic heterocycles. The number of hydrogen-bond donors (Lipinski definition) is 1. The lowest BCUT2D eigenvalue weighted by atomic mass is 10.1. The SMILES string of the molecule is CCNC(=NCc1ccc(N2CCCC2=O)cc1)N1CCC(COCc2ccccc2)C1.I. The first-order valence-electron chi connectivity index (χ1n) is 11.8. The lowest BCUT2D eigenvalue weighted by Gasteiger charge is -2.22. The van der Waals surface area contributed by atoms with Gasteiger partial charge in [0.1, 0.15) is 0 Å². The Kier molecular flexibility index (Phi) is 9.99. The molecule has 4 rings (SSSR count). The second-order valence-electron chi connectivity index (χ2n) is 8.59. The van der Waals surface area contributed by atoms with Gasteiger partial charge >= 0.3 is 0 Å². The van der Waals surface area contributed by atoms with Crippen LogP contribution in [0.1, 0.15) is 37.3 Å². The van der Waals surface area contributed by atoms with Gasteiger partial charge in [-0.05, 0) is 43.0 Å². The molecular formula is C26H35IN4O2. The Labute approximate surface area is 214 Å². The lowest BCUT2D eigenvalue weighted by Crippen LogP contribution is -2.40. The number of rotatable bonds is 8. The van der Waals surface area contributed by atoms with Gasteiger partial charge in [-0.3, -0.25) is 4.79 Å². The summed E-state index contributed by atoms with van der Waals surface area (Å²) in [6.45, 7) is 7.83. The standard InChI is InChI=1S/C26H34N4O2.HI/c1-2-27-26(28-17-21-10-12-24(13-11-21)30-15-6-9-25(30)31)29-16-14-23(18-29)20-32-19-22-7-4-3-5-8-22;/h3-5,7-8,10-13,23H,2,6,9,14-20H2,1H3,(H,27,28);1H. The topological polar surface area (TPSA) is 57.2 Å². The van der Waals surface area contributed by atoms with Crippen LogP contribution in [0.3, 0.4) is 0 Å². The number of carbonyl (C=O) groups is 1. The molecule has 2 aromatic rings. The molecule has 1 amide bonds. The third-order valence-electron chi connectivity index (χ3n) is 6.12. The summed E-state index contributed by atoms with van der Waals surface area (Å²) in [6.07, 6.45) is 2.73. The van der Waals surface area contributed by atoms with Crippen molar-refractivity contribution in [3.8, 4) is 0 Å². The van der Waals surface area contributed by atoms with Crippen molar-refractivity contribution in [3.05, 3.63) is 65.7 Å². The zero-order valence-electron chi connectivity index (χ0n) is 19.4. The number of hydrogen-bond acceptors (Lipinski definition) is 3. The summed E-state index contributed by atoms with van der Waals surface area (Å²) in [6, 6.07) is 18.6. The molecule has 0 bridgehead atoms. The van der Waals surface area contributed by atoms with Crippen LogP contribution in [0, 0.1) is 5.92 Å². The normalized spacial score (nSPS) is 18.5. The molecule has 0 aliphatic carbocycles. The number of guanidine groups is 1. The molecule has 0 spiro atoms. The molecule has 2 aliphatic rings. The predicted octanol–water partition coefficient (Wildman–Crippen LogP) is 4.44. The second-order valence-corrected chi connectivity index (χ2v) is 8.59. The van der Waals surface area contributed by atoms with Crippen molar-refractivity contribution in [2.24, 2.45) is 10.9 Å². The molecule has 33 heavy (non-hydrogen) atoms. The maximum Gasteiger partial charge on any atom is 0.227 e. The van der Waals surface area contributed by atoms with E-state index in [9.17, 15) is 4.79 Å². The average Bonchev–Trinajstić information content (AvgIpc) is 3.47. The summed E-state index contributed by atoms with van der Waals surface area (Å²) in [5.41, 5.74) is 3.36. The fourth-order valence-corrected chi connectivity index (χ4v) is 4.37. The van der Waals surface area contributed by atoms with Crippen LogP contribution in [0.2, 0.25) is 0 Å². The van der Waals surface area contributed by atoms with Crippen LogP contribution >= 0.6 is 24.0 Å². The smallest absolute Gasteiger partial charge is 0.227 e. The lowest BCUT2D eigenvalue weighted by molar-refractivity contribution is -0.117.